The van der Waals surface area contributed by atoms with Crippen LogP contribution < -0.4 is 20.7 Å². The molecule has 0 bridgehead atoms. The first-order chi connectivity index (χ1) is 15.9. The van der Waals surface area contributed by atoms with Crippen LogP contribution in [0.2, 0.25) is 0 Å². The van der Waals surface area contributed by atoms with E-state index in [1.54, 1.807) is 24.3 Å². The standard InChI is InChI=1S/C24H22F2N4O3/c1-14(31)28-23-10-15(8-9-27-23)13-33-18-5-7-21(20(26)12-18)29-24(32)30-22-11-17(16-2-3-16)4-6-19(22)25/h4-12,16H,2-3,13H2,1H3,(H,27,28,31)(H2,29,30,32). The van der Waals surface area contributed by atoms with E-state index in [-0.39, 0.29) is 29.6 Å². The largest absolute Gasteiger partial charge is 0.489 e. The third kappa shape index (κ3) is 6.03. The van der Waals surface area contributed by atoms with Crippen LogP contribution in [0.4, 0.5) is 30.8 Å². The lowest BCUT2D eigenvalue weighted by Crippen LogP contribution is -2.21. The lowest BCUT2D eigenvalue weighted by atomic mass is 10.1. The Morgan fingerprint density at radius 3 is 2.48 bits per heavy atom. The molecule has 3 aromatic rings. The van der Waals surface area contributed by atoms with Crippen molar-refractivity contribution in [2.45, 2.75) is 32.3 Å². The van der Waals surface area contributed by atoms with Crippen molar-refractivity contribution < 1.29 is 23.1 Å². The lowest BCUT2D eigenvalue weighted by Gasteiger charge is -2.12. The number of anilines is 3. The quantitative estimate of drug-likeness (QED) is 0.446. The molecule has 1 aliphatic rings. The second-order valence-electron chi connectivity index (χ2n) is 7.75. The number of pyridine rings is 1. The molecule has 0 saturated heterocycles. The van der Waals surface area contributed by atoms with Gasteiger partial charge in [0.15, 0.2) is 0 Å². The summed E-state index contributed by atoms with van der Waals surface area (Å²) < 4.78 is 34.1. The number of aromatic nitrogens is 1. The molecule has 7 nitrogen and oxygen atoms in total. The van der Waals surface area contributed by atoms with Gasteiger partial charge in [0.25, 0.3) is 0 Å². The maximum absolute atomic E-state index is 14.5. The Kier molecular flexibility index (Phi) is 6.48. The Labute approximate surface area is 189 Å². The van der Waals surface area contributed by atoms with Crippen molar-refractivity contribution in [2.75, 3.05) is 16.0 Å². The van der Waals surface area contributed by atoms with E-state index < -0.39 is 17.7 Å². The molecule has 0 radical (unpaired) electrons. The maximum Gasteiger partial charge on any atom is 0.323 e. The smallest absolute Gasteiger partial charge is 0.323 e. The first-order valence-electron chi connectivity index (χ1n) is 10.4. The topological polar surface area (TPSA) is 92.4 Å². The van der Waals surface area contributed by atoms with E-state index in [0.717, 1.165) is 30.0 Å². The van der Waals surface area contributed by atoms with E-state index in [1.165, 1.54) is 31.3 Å². The van der Waals surface area contributed by atoms with E-state index in [9.17, 15) is 18.4 Å². The molecule has 1 fully saturated rings. The van der Waals surface area contributed by atoms with Crippen LogP contribution in [-0.2, 0) is 11.4 Å². The summed E-state index contributed by atoms with van der Waals surface area (Å²) >= 11 is 0. The van der Waals surface area contributed by atoms with E-state index in [4.69, 9.17) is 4.74 Å². The van der Waals surface area contributed by atoms with Gasteiger partial charge in [0.1, 0.15) is 29.8 Å². The number of nitrogens with zero attached hydrogens (tertiary/aromatic N) is 1. The van der Waals surface area contributed by atoms with E-state index >= 15 is 0 Å². The number of nitrogens with one attached hydrogen (secondary N) is 3. The number of amides is 3. The zero-order chi connectivity index (χ0) is 23.4. The van der Waals surface area contributed by atoms with E-state index in [0.29, 0.717) is 11.7 Å². The Bertz CT molecular complexity index is 1200. The van der Waals surface area contributed by atoms with Gasteiger partial charge in [-0.15, -0.1) is 0 Å². The van der Waals surface area contributed by atoms with Gasteiger partial charge in [0.05, 0.1) is 11.4 Å². The molecule has 0 atom stereocenters. The van der Waals surface area contributed by atoms with Crippen LogP contribution in [-0.4, -0.2) is 16.9 Å². The lowest BCUT2D eigenvalue weighted by molar-refractivity contribution is -0.114. The number of benzene rings is 2. The molecular formula is C24H22F2N4O3. The average molecular weight is 452 g/mol. The molecule has 170 valence electrons. The molecule has 0 unspecified atom stereocenters. The molecule has 3 N–H and O–H groups in total. The molecule has 0 spiro atoms. The molecule has 4 rings (SSSR count). The van der Waals surface area contributed by atoms with Crippen molar-refractivity contribution in [1.29, 1.82) is 0 Å². The Morgan fingerprint density at radius 2 is 1.76 bits per heavy atom. The molecule has 9 heteroatoms. The Morgan fingerprint density at radius 1 is 0.970 bits per heavy atom. The normalized spacial score (nSPS) is 12.7. The number of ether oxygens (including phenoxy) is 1. The van der Waals surface area contributed by atoms with Gasteiger partial charge in [0.2, 0.25) is 5.91 Å². The Balaban J connectivity index is 1.35. The minimum absolute atomic E-state index is 0.0493. The van der Waals surface area contributed by atoms with Crippen molar-refractivity contribution in [3.05, 3.63) is 77.5 Å². The number of hydrogen-bond donors (Lipinski definition) is 3. The Hall–Kier alpha value is -4.01. The fraction of sp³-hybridized carbons (Fsp3) is 0.208. The molecule has 33 heavy (non-hydrogen) atoms. The predicted molar refractivity (Wildman–Crippen MR) is 120 cm³/mol. The highest BCUT2D eigenvalue weighted by Gasteiger charge is 2.24. The second kappa shape index (κ2) is 9.64. The zero-order valence-electron chi connectivity index (χ0n) is 17.8. The fourth-order valence-electron chi connectivity index (χ4n) is 3.25. The fourth-order valence-corrected chi connectivity index (χ4v) is 3.25. The highest BCUT2D eigenvalue weighted by atomic mass is 19.1. The molecule has 3 amide bonds. The van der Waals surface area contributed by atoms with Gasteiger partial charge in [-0.05, 0) is 66.3 Å². The summed E-state index contributed by atoms with van der Waals surface area (Å²) in [6.45, 7) is 1.50. The van der Waals surface area contributed by atoms with Crippen molar-refractivity contribution in [2.24, 2.45) is 0 Å². The second-order valence-corrected chi connectivity index (χ2v) is 7.75. The summed E-state index contributed by atoms with van der Waals surface area (Å²) in [6.07, 6.45) is 3.63. The third-order valence-corrected chi connectivity index (χ3v) is 5.01. The van der Waals surface area contributed by atoms with Gasteiger partial charge < -0.3 is 20.7 Å². The highest BCUT2D eigenvalue weighted by Crippen LogP contribution is 2.41. The van der Waals surface area contributed by atoms with E-state index in [1.807, 2.05) is 0 Å². The van der Waals surface area contributed by atoms with E-state index in [2.05, 4.69) is 20.9 Å². The summed E-state index contributed by atoms with van der Waals surface area (Å²) in [5.74, 6) is -0.463. The van der Waals surface area contributed by atoms with Gasteiger partial charge in [0, 0.05) is 19.2 Å². The van der Waals surface area contributed by atoms with Crippen LogP contribution in [0, 0.1) is 11.6 Å². The van der Waals surface area contributed by atoms with Crippen LogP contribution in [0.25, 0.3) is 0 Å². The summed E-state index contributed by atoms with van der Waals surface area (Å²) in [6, 6.07) is 11.2. The zero-order valence-corrected chi connectivity index (χ0v) is 17.8. The van der Waals surface area contributed by atoms with Crippen molar-refractivity contribution in [1.82, 2.24) is 4.98 Å². The van der Waals surface area contributed by atoms with Crippen molar-refractivity contribution >= 4 is 29.1 Å². The minimum atomic E-state index is -0.753. The first kappa shape index (κ1) is 22.2. The number of rotatable bonds is 7. The first-order valence-corrected chi connectivity index (χ1v) is 10.4. The van der Waals surface area contributed by atoms with Gasteiger partial charge in [-0.2, -0.15) is 0 Å². The molecule has 1 heterocycles. The van der Waals surface area contributed by atoms with Crippen LogP contribution in [0.5, 0.6) is 5.75 Å². The summed E-state index contributed by atoms with van der Waals surface area (Å²) in [5, 5.41) is 7.39. The monoisotopic (exact) mass is 452 g/mol. The molecule has 1 aromatic heterocycles. The number of carbonyl (C=O) groups excluding carboxylic acids is 2. The highest BCUT2D eigenvalue weighted by molar-refractivity contribution is 6.00. The SMILES string of the molecule is CC(=O)Nc1cc(COc2ccc(NC(=O)Nc3cc(C4CC4)ccc3F)c(F)c2)ccn1. The molecular weight excluding hydrogens is 430 g/mol. The van der Waals surface area contributed by atoms with Crippen LogP contribution in [0.1, 0.15) is 36.8 Å². The molecule has 0 aliphatic heterocycles. The molecule has 1 aliphatic carbocycles. The summed E-state index contributed by atoms with van der Waals surface area (Å²) in [7, 11) is 0. The van der Waals surface area contributed by atoms with Gasteiger partial charge in [-0.3, -0.25) is 4.79 Å². The summed E-state index contributed by atoms with van der Waals surface area (Å²) in [4.78, 5) is 27.4. The van der Waals surface area contributed by atoms with Crippen LogP contribution >= 0.6 is 0 Å². The van der Waals surface area contributed by atoms with Crippen LogP contribution in [0.3, 0.4) is 0 Å². The van der Waals surface area contributed by atoms with Gasteiger partial charge >= 0.3 is 6.03 Å². The van der Waals surface area contributed by atoms with Crippen molar-refractivity contribution in [3.8, 4) is 5.75 Å². The number of halogens is 2. The van der Waals surface area contributed by atoms with Gasteiger partial charge in [-0.25, -0.2) is 18.6 Å². The minimum Gasteiger partial charge on any atom is -0.489 e. The number of urea groups is 1. The predicted octanol–water partition coefficient (Wildman–Crippen LogP) is 5.42. The van der Waals surface area contributed by atoms with Crippen molar-refractivity contribution in [3.63, 3.8) is 0 Å². The maximum atomic E-state index is 14.5. The number of hydrogen-bond acceptors (Lipinski definition) is 4. The summed E-state index contributed by atoms with van der Waals surface area (Å²) in [5.41, 5.74) is 1.67. The van der Waals surface area contributed by atoms with Crippen LogP contribution in [0.15, 0.2) is 54.7 Å². The number of carbonyl (C=O) groups is 2. The average Bonchev–Trinajstić information content (AvgIpc) is 3.61. The molecule has 1 saturated carbocycles. The molecule has 2 aromatic carbocycles. The van der Waals surface area contributed by atoms with Gasteiger partial charge in [-0.1, -0.05) is 6.07 Å². The third-order valence-electron chi connectivity index (χ3n) is 5.01.